The van der Waals surface area contributed by atoms with Crippen LogP contribution in [0.2, 0.25) is 0 Å². The minimum absolute atomic E-state index is 0.0650. The predicted molar refractivity (Wildman–Crippen MR) is 151 cm³/mol. The lowest BCUT2D eigenvalue weighted by atomic mass is 10.4. The SMILES string of the molecule is C=C(C)C(=O)OCCOC(C)Sc1ccc(Sc2ccc(SC(C)OCCOC(=O)C(=C)C)cc2)cc1. The van der Waals surface area contributed by atoms with Crippen LogP contribution in [0.5, 0.6) is 0 Å². The number of carbonyl (C=O) groups is 2. The molecule has 0 aliphatic heterocycles. The smallest absolute Gasteiger partial charge is 0.333 e. The Labute approximate surface area is 232 Å². The summed E-state index contributed by atoms with van der Waals surface area (Å²) in [5.41, 5.74) is 0.633. The lowest BCUT2D eigenvalue weighted by molar-refractivity contribution is -0.141. The molecular formula is C28H34O6S3. The van der Waals surface area contributed by atoms with E-state index in [4.69, 9.17) is 18.9 Å². The highest BCUT2D eigenvalue weighted by molar-refractivity contribution is 8.00. The van der Waals surface area contributed by atoms with Gasteiger partial charge in [-0.2, -0.15) is 0 Å². The maximum atomic E-state index is 11.4. The van der Waals surface area contributed by atoms with Gasteiger partial charge in [-0.25, -0.2) is 9.59 Å². The van der Waals surface area contributed by atoms with Crippen LogP contribution in [-0.4, -0.2) is 49.2 Å². The second-order valence-corrected chi connectivity index (χ2v) is 11.9. The van der Waals surface area contributed by atoms with E-state index in [1.165, 1.54) is 0 Å². The Hall–Kier alpha value is -2.17. The molecule has 0 aromatic heterocycles. The van der Waals surface area contributed by atoms with Gasteiger partial charge in [-0.05, 0) is 76.2 Å². The number of esters is 2. The topological polar surface area (TPSA) is 71.1 Å². The monoisotopic (exact) mass is 562 g/mol. The molecule has 200 valence electrons. The van der Waals surface area contributed by atoms with E-state index >= 15 is 0 Å². The van der Waals surface area contributed by atoms with E-state index in [-0.39, 0.29) is 24.1 Å². The summed E-state index contributed by atoms with van der Waals surface area (Å²) < 4.78 is 21.5. The highest BCUT2D eigenvalue weighted by Gasteiger charge is 2.09. The Morgan fingerprint density at radius 1 is 0.649 bits per heavy atom. The van der Waals surface area contributed by atoms with E-state index in [1.807, 2.05) is 13.8 Å². The van der Waals surface area contributed by atoms with Crippen molar-refractivity contribution in [3.63, 3.8) is 0 Å². The lowest BCUT2D eigenvalue weighted by Gasteiger charge is -2.14. The summed E-state index contributed by atoms with van der Waals surface area (Å²) in [5, 5.41) is 0. The molecule has 6 nitrogen and oxygen atoms in total. The number of rotatable bonds is 16. The van der Waals surface area contributed by atoms with Crippen LogP contribution >= 0.6 is 35.3 Å². The van der Waals surface area contributed by atoms with Gasteiger partial charge in [-0.1, -0.05) is 48.4 Å². The fraction of sp³-hybridized carbons (Fsp3) is 0.357. The summed E-state index contributed by atoms with van der Waals surface area (Å²) in [7, 11) is 0. The van der Waals surface area contributed by atoms with Crippen molar-refractivity contribution in [2.75, 3.05) is 26.4 Å². The van der Waals surface area contributed by atoms with Gasteiger partial charge in [0.05, 0.1) is 13.2 Å². The molecule has 2 aromatic rings. The molecule has 0 heterocycles. The quantitative estimate of drug-likeness (QED) is 0.0708. The van der Waals surface area contributed by atoms with Crippen molar-refractivity contribution in [3.05, 3.63) is 72.8 Å². The van der Waals surface area contributed by atoms with Gasteiger partial charge in [-0.3, -0.25) is 0 Å². The van der Waals surface area contributed by atoms with Crippen LogP contribution in [0.1, 0.15) is 27.7 Å². The van der Waals surface area contributed by atoms with E-state index in [0.29, 0.717) is 24.4 Å². The highest BCUT2D eigenvalue weighted by atomic mass is 32.2. The number of carbonyl (C=O) groups excluding carboxylic acids is 2. The second kappa shape index (κ2) is 16.6. The van der Waals surface area contributed by atoms with Crippen molar-refractivity contribution in [2.24, 2.45) is 0 Å². The van der Waals surface area contributed by atoms with E-state index in [0.717, 1.165) is 19.6 Å². The average molecular weight is 563 g/mol. The number of thioether (sulfide) groups is 2. The van der Waals surface area contributed by atoms with E-state index in [2.05, 4.69) is 61.7 Å². The summed E-state index contributed by atoms with van der Waals surface area (Å²) >= 11 is 4.91. The number of benzene rings is 2. The fourth-order valence-corrected chi connectivity index (χ4v) is 5.20. The maximum absolute atomic E-state index is 11.4. The third-order valence-corrected chi connectivity index (χ3v) is 7.56. The minimum Gasteiger partial charge on any atom is -0.460 e. The van der Waals surface area contributed by atoms with Crippen molar-refractivity contribution in [1.82, 2.24) is 0 Å². The molecule has 0 spiro atoms. The van der Waals surface area contributed by atoms with Crippen molar-refractivity contribution in [2.45, 2.75) is 58.1 Å². The van der Waals surface area contributed by atoms with Crippen LogP contribution in [-0.2, 0) is 28.5 Å². The van der Waals surface area contributed by atoms with Crippen molar-refractivity contribution in [3.8, 4) is 0 Å². The molecule has 0 fully saturated rings. The van der Waals surface area contributed by atoms with Crippen molar-refractivity contribution >= 4 is 47.2 Å². The fourth-order valence-electron chi connectivity index (χ4n) is 2.70. The highest BCUT2D eigenvalue weighted by Crippen LogP contribution is 2.33. The molecule has 0 saturated heterocycles. The van der Waals surface area contributed by atoms with Crippen LogP contribution in [0.3, 0.4) is 0 Å². The Bertz CT molecular complexity index is 953. The Balaban J connectivity index is 1.71. The molecule has 0 saturated carbocycles. The minimum atomic E-state index is -0.398. The lowest BCUT2D eigenvalue weighted by Crippen LogP contribution is -2.13. The zero-order valence-corrected chi connectivity index (χ0v) is 24.1. The summed E-state index contributed by atoms with van der Waals surface area (Å²) in [6, 6.07) is 16.7. The molecule has 2 unspecified atom stereocenters. The van der Waals surface area contributed by atoms with Crippen molar-refractivity contribution < 1.29 is 28.5 Å². The molecule has 0 N–H and O–H groups in total. The first-order valence-electron chi connectivity index (χ1n) is 11.7. The van der Waals surface area contributed by atoms with Crippen LogP contribution in [0.25, 0.3) is 0 Å². The largest absolute Gasteiger partial charge is 0.460 e. The number of hydrogen-bond donors (Lipinski definition) is 0. The molecule has 0 bridgehead atoms. The summed E-state index contributed by atoms with van der Waals surface area (Å²) in [4.78, 5) is 27.2. The van der Waals surface area contributed by atoms with Crippen molar-refractivity contribution in [1.29, 1.82) is 0 Å². The Morgan fingerprint density at radius 3 is 1.30 bits per heavy atom. The predicted octanol–water partition coefficient (Wildman–Crippen LogP) is 6.99. The van der Waals surface area contributed by atoms with Gasteiger partial charge in [0, 0.05) is 30.7 Å². The molecule has 0 amide bonds. The van der Waals surface area contributed by atoms with Gasteiger partial charge in [0.2, 0.25) is 0 Å². The third kappa shape index (κ3) is 12.8. The molecule has 2 atom stereocenters. The first-order valence-corrected chi connectivity index (χ1v) is 14.3. The van der Waals surface area contributed by atoms with Crippen LogP contribution in [0.4, 0.5) is 0 Å². The summed E-state index contributed by atoms with van der Waals surface area (Å²) in [6.07, 6.45) is 0. The number of ether oxygens (including phenoxy) is 4. The number of hydrogen-bond acceptors (Lipinski definition) is 9. The molecule has 2 aromatic carbocycles. The van der Waals surface area contributed by atoms with Crippen LogP contribution in [0.15, 0.2) is 92.4 Å². The zero-order valence-electron chi connectivity index (χ0n) is 21.7. The Kier molecular flexibility index (Phi) is 14.0. The van der Waals surface area contributed by atoms with Gasteiger partial charge < -0.3 is 18.9 Å². The molecule has 2 rings (SSSR count). The van der Waals surface area contributed by atoms with E-state index in [1.54, 1.807) is 49.1 Å². The van der Waals surface area contributed by atoms with Crippen LogP contribution in [0, 0.1) is 0 Å². The van der Waals surface area contributed by atoms with E-state index < -0.39 is 11.9 Å². The van der Waals surface area contributed by atoms with E-state index in [9.17, 15) is 9.59 Å². The second-order valence-electron chi connectivity index (χ2n) is 7.99. The molecular weight excluding hydrogens is 529 g/mol. The molecule has 0 aliphatic carbocycles. The van der Waals surface area contributed by atoms with Crippen LogP contribution < -0.4 is 0 Å². The van der Waals surface area contributed by atoms with Gasteiger partial charge in [0.25, 0.3) is 0 Å². The van der Waals surface area contributed by atoms with Gasteiger partial charge >= 0.3 is 11.9 Å². The Morgan fingerprint density at radius 2 is 0.973 bits per heavy atom. The average Bonchev–Trinajstić information content (AvgIpc) is 2.86. The maximum Gasteiger partial charge on any atom is 0.333 e. The molecule has 0 aliphatic rings. The molecule has 37 heavy (non-hydrogen) atoms. The molecule has 0 radical (unpaired) electrons. The van der Waals surface area contributed by atoms with Gasteiger partial charge in [0.15, 0.2) is 0 Å². The standard InChI is InChI=1S/C28H34O6S3/c1-19(2)27(29)33-17-15-31-21(5)35-23-7-11-25(12-8-23)37-26-13-9-24(10-14-26)36-22(6)32-16-18-34-28(30)20(3)4/h7-14,21-22H,1,3,15-18H2,2,4-6H3. The summed E-state index contributed by atoms with van der Waals surface area (Å²) in [6.45, 7) is 15.4. The van der Waals surface area contributed by atoms with Gasteiger partial charge in [0.1, 0.15) is 24.1 Å². The third-order valence-electron chi connectivity index (χ3n) is 4.52. The zero-order chi connectivity index (χ0) is 27.2. The first-order chi connectivity index (χ1) is 17.6. The first kappa shape index (κ1) is 31.1. The van der Waals surface area contributed by atoms with Gasteiger partial charge in [-0.15, -0.1) is 0 Å². The summed E-state index contributed by atoms with van der Waals surface area (Å²) in [5.74, 6) is -0.797. The molecule has 9 heteroatoms. The normalized spacial score (nSPS) is 12.4.